The third-order valence-electron chi connectivity index (χ3n) is 2.60. The van der Waals surface area contributed by atoms with E-state index in [1.807, 2.05) is 0 Å². The summed E-state index contributed by atoms with van der Waals surface area (Å²) in [5.41, 5.74) is -0.583. The van der Waals surface area contributed by atoms with Crippen LogP contribution in [0, 0.1) is 5.92 Å². The fourth-order valence-electron chi connectivity index (χ4n) is 1.48. The first-order valence-corrected chi connectivity index (χ1v) is 6.10. The van der Waals surface area contributed by atoms with Crippen LogP contribution in [0.15, 0.2) is 23.1 Å². The largest absolute Gasteiger partial charge is 0.478 e. The number of carboxylic acids is 1. The molecular weight excluding hydrogens is 248 g/mol. The summed E-state index contributed by atoms with van der Waals surface area (Å²) in [5, 5.41) is 11.4. The molecule has 2 N–H and O–H groups in total. The number of hydrogen-bond donors (Lipinski definition) is 2. The molecule has 0 saturated heterocycles. The van der Waals surface area contributed by atoms with Crippen LogP contribution in [0.3, 0.4) is 0 Å². The fourth-order valence-corrected chi connectivity index (χ4v) is 1.48. The van der Waals surface area contributed by atoms with E-state index in [1.54, 1.807) is 0 Å². The molecule has 19 heavy (non-hydrogen) atoms. The number of rotatable bonds is 6. The molecule has 1 heterocycles. The third-order valence-corrected chi connectivity index (χ3v) is 2.60. The summed E-state index contributed by atoms with van der Waals surface area (Å²) >= 11 is 0. The van der Waals surface area contributed by atoms with E-state index < -0.39 is 11.5 Å². The summed E-state index contributed by atoms with van der Waals surface area (Å²) in [7, 11) is 0. The Balaban J connectivity index is 2.60. The van der Waals surface area contributed by atoms with Crippen LogP contribution in [0.25, 0.3) is 0 Å². The zero-order chi connectivity index (χ0) is 14.4. The monoisotopic (exact) mass is 266 g/mol. The van der Waals surface area contributed by atoms with Gasteiger partial charge in [-0.05, 0) is 18.4 Å². The van der Waals surface area contributed by atoms with Gasteiger partial charge >= 0.3 is 5.97 Å². The number of pyridine rings is 1. The molecule has 104 valence electrons. The second-order valence-electron chi connectivity index (χ2n) is 4.72. The number of aromatic nitrogens is 1. The minimum Gasteiger partial charge on any atom is -0.478 e. The molecular formula is C13H18N2O4. The van der Waals surface area contributed by atoms with Crippen molar-refractivity contribution in [3.05, 3.63) is 34.2 Å². The van der Waals surface area contributed by atoms with Crippen LogP contribution in [-0.2, 0) is 11.3 Å². The van der Waals surface area contributed by atoms with Crippen molar-refractivity contribution in [1.82, 2.24) is 9.88 Å². The molecule has 0 bridgehead atoms. The third kappa shape index (κ3) is 4.95. The number of carbonyl (C=O) groups excluding carboxylic acids is 1. The molecule has 0 fully saturated rings. The Morgan fingerprint density at radius 2 is 2.11 bits per heavy atom. The van der Waals surface area contributed by atoms with Gasteiger partial charge < -0.3 is 15.0 Å². The number of carboxylic acid groups (broad SMARTS) is 1. The average molecular weight is 266 g/mol. The highest BCUT2D eigenvalue weighted by atomic mass is 16.4. The van der Waals surface area contributed by atoms with E-state index in [0.29, 0.717) is 12.5 Å². The van der Waals surface area contributed by atoms with Gasteiger partial charge in [0.2, 0.25) is 5.91 Å². The van der Waals surface area contributed by atoms with Crippen LogP contribution in [0.5, 0.6) is 0 Å². The molecule has 1 amide bonds. The summed E-state index contributed by atoms with van der Waals surface area (Å²) in [5.74, 6) is -0.922. The molecule has 0 spiro atoms. The molecule has 1 aromatic heterocycles. The Kier molecular flexibility index (Phi) is 5.29. The van der Waals surface area contributed by atoms with Crippen molar-refractivity contribution in [2.75, 3.05) is 6.54 Å². The number of hydrogen-bond acceptors (Lipinski definition) is 3. The molecule has 0 atom stereocenters. The molecule has 0 aliphatic rings. The first-order valence-electron chi connectivity index (χ1n) is 6.10. The van der Waals surface area contributed by atoms with Crippen LogP contribution in [-0.4, -0.2) is 28.1 Å². The van der Waals surface area contributed by atoms with E-state index in [0.717, 1.165) is 12.5 Å². The maximum Gasteiger partial charge on any atom is 0.335 e. The molecule has 0 aliphatic heterocycles. The molecule has 6 heteroatoms. The zero-order valence-electron chi connectivity index (χ0n) is 11.0. The van der Waals surface area contributed by atoms with Gasteiger partial charge in [-0.1, -0.05) is 13.8 Å². The van der Waals surface area contributed by atoms with Crippen molar-refractivity contribution in [1.29, 1.82) is 0 Å². The lowest BCUT2D eigenvalue weighted by atomic mass is 10.1. The molecule has 0 unspecified atom stereocenters. The highest BCUT2D eigenvalue weighted by Gasteiger charge is 2.08. The highest BCUT2D eigenvalue weighted by molar-refractivity contribution is 5.87. The van der Waals surface area contributed by atoms with Crippen molar-refractivity contribution in [2.45, 2.75) is 26.8 Å². The van der Waals surface area contributed by atoms with Gasteiger partial charge in [0.15, 0.2) is 0 Å². The predicted octanol–water partition coefficient (Wildman–Crippen LogP) is 0.709. The number of carbonyl (C=O) groups is 2. The summed E-state index contributed by atoms with van der Waals surface area (Å²) in [6.07, 6.45) is 2.19. The van der Waals surface area contributed by atoms with Gasteiger partial charge in [-0.2, -0.15) is 0 Å². The van der Waals surface area contributed by atoms with Gasteiger partial charge in [0.1, 0.15) is 6.54 Å². The normalized spacial score (nSPS) is 10.5. The van der Waals surface area contributed by atoms with Crippen LogP contribution in [0.4, 0.5) is 0 Å². The molecule has 0 aliphatic carbocycles. The molecule has 1 rings (SSSR count). The lowest BCUT2D eigenvalue weighted by molar-refractivity contribution is -0.121. The van der Waals surface area contributed by atoms with Gasteiger partial charge in [0.25, 0.3) is 5.56 Å². The minimum absolute atomic E-state index is 0.0820. The van der Waals surface area contributed by atoms with Crippen molar-refractivity contribution < 1.29 is 14.7 Å². The van der Waals surface area contributed by atoms with E-state index >= 15 is 0 Å². The number of aromatic carboxylic acids is 1. The highest BCUT2D eigenvalue weighted by Crippen LogP contribution is 1.97. The first-order chi connectivity index (χ1) is 8.90. The van der Waals surface area contributed by atoms with E-state index in [4.69, 9.17) is 5.11 Å². The van der Waals surface area contributed by atoms with Crippen LogP contribution < -0.4 is 10.9 Å². The van der Waals surface area contributed by atoms with E-state index in [1.165, 1.54) is 16.8 Å². The van der Waals surface area contributed by atoms with Gasteiger partial charge in [0, 0.05) is 18.8 Å². The number of nitrogens with zero attached hydrogens (tertiary/aromatic N) is 1. The van der Waals surface area contributed by atoms with Crippen molar-refractivity contribution in [3.63, 3.8) is 0 Å². The maximum absolute atomic E-state index is 11.6. The van der Waals surface area contributed by atoms with Crippen molar-refractivity contribution in [2.24, 2.45) is 5.92 Å². The maximum atomic E-state index is 11.6. The van der Waals surface area contributed by atoms with E-state index in [2.05, 4.69) is 19.2 Å². The fraction of sp³-hybridized carbons (Fsp3) is 0.462. The smallest absolute Gasteiger partial charge is 0.335 e. The Morgan fingerprint density at radius 3 is 2.63 bits per heavy atom. The standard InChI is InChI=1S/C13H18N2O4/c1-9(2)3-5-14-11(16)8-15-6-4-10(13(18)19)7-12(15)17/h4,6-7,9H,3,5,8H2,1-2H3,(H,14,16)(H,18,19). The molecule has 0 radical (unpaired) electrons. The number of nitrogens with one attached hydrogen (secondary N) is 1. The SMILES string of the molecule is CC(C)CCNC(=O)Cn1ccc(C(=O)O)cc1=O. The number of amides is 1. The Labute approximate surface area is 111 Å². The van der Waals surface area contributed by atoms with Gasteiger partial charge in [0.05, 0.1) is 5.56 Å². The van der Waals surface area contributed by atoms with Gasteiger partial charge in [-0.25, -0.2) is 4.79 Å². The van der Waals surface area contributed by atoms with Crippen molar-refractivity contribution in [3.8, 4) is 0 Å². The lowest BCUT2D eigenvalue weighted by Crippen LogP contribution is -2.33. The van der Waals surface area contributed by atoms with E-state index in [9.17, 15) is 14.4 Å². The first kappa shape index (κ1) is 14.9. The van der Waals surface area contributed by atoms with Gasteiger partial charge in [-0.15, -0.1) is 0 Å². The lowest BCUT2D eigenvalue weighted by Gasteiger charge is -2.08. The minimum atomic E-state index is -1.16. The predicted molar refractivity (Wildman–Crippen MR) is 70.1 cm³/mol. The quantitative estimate of drug-likeness (QED) is 0.793. The molecule has 6 nitrogen and oxygen atoms in total. The van der Waals surface area contributed by atoms with Crippen LogP contribution in [0.1, 0.15) is 30.6 Å². The Morgan fingerprint density at radius 1 is 1.42 bits per heavy atom. The van der Waals surface area contributed by atoms with Crippen LogP contribution >= 0.6 is 0 Å². The summed E-state index contributed by atoms with van der Waals surface area (Å²) in [6, 6.07) is 2.30. The summed E-state index contributed by atoms with van der Waals surface area (Å²) < 4.78 is 1.18. The molecule has 0 saturated carbocycles. The van der Waals surface area contributed by atoms with Crippen molar-refractivity contribution >= 4 is 11.9 Å². The zero-order valence-corrected chi connectivity index (χ0v) is 11.0. The average Bonchev–Trinajstić information content (AvgIpc) is 2.31. The Hall–Kier alpha value is -2.11. The Bertz CT molecular complexity index is 520. The second kappa shape index (κ2) is 6.72. The summed E-state index contributed by atoms with van der Waals surface area (Å²) in [6.45, 7) is 4.58. The topological polar surface area (TPSA) is 88.4 Å². The second-order valence-corrected chi connectivity index (χ2v) is 4.72. The summed E-state index contributed by atoms with van der Waals surface area (Å²) in [4.78, 5) is 33.8. The van der Waals surface area contributed by atoms with Crippen LogP contribution in [0.2, 0.25) is 0 Å². The molecule has 1 aromatic rings. The molecule has 0 aromatic carbocycles. The van der Waals surface area contributed by atoms with E-state index in [-0.39, 0.29) is 18.0 Å². The van der Waals surface area contributed by atoms with Gasteiger partial charge in [-0.3, -0.25) is 9.59 Å².